The summed E-state index contributed by atoms with van der Waals surface area (Å²) in [5.41, 5.74) is 1.19. The molecule has 0 bridgehead atoms. The van der Waals surface area contributed by atoms with E-state index >= 15 is 0 Å². The molecule has 0 saturated carbocycles. The van der Waals surface area contributed by atoms with Crippen LogP contribution < -0.4 is 13.7 Å². The van der Waals surface area contributed by atoms with Crippen LogP contribution in [0.3, 0.4) is 0 Å². The Morgan fingerprint density at radius 1 is 1.03 bits per heavy atom. The van der Waals surface area contributed by atoms with Gasteiger partial charge in [-0.15, -0.1) is 0 Å². The quantitative estimate of drug-likeness (QED) is 0.527. The summed E-state index contributed by atoms with van der Waals surface area (Å²) in [5.74, 6) is 0.954. The normalized spacial score (nSPS) is 12.2. The van der Waals surface area contributed by atoms with Crippen molar-refractivity contribution < 1.29 is 26.9 Å². The van der Waals surface area contributed by atoms with Crippen molar-refractivity contribution >= 4 is 16.0 Å². The Labute approximate surface area is 178 Å². The summed E-state index contributed by atoms with van der Waals surface area (Å²) in [6.07, 6.45) is 0.755. The van der Waals surface area contributed by atoms with Crippen LogP contribution in [0, 0.1) is 0 Å². The molecule has 2 aromatic carbocycles. The van der Waals surface area contributed by atoms with Crippen LogP contribution in [-0.4, -0.2) is 45.2 Å². The van der Waals surface area contributed by atoms with Crippen LogP contribution in [0.4, 0.5) is 0 Å². The third-order valence-corrected chi connectivity index (χ3v) is 6.00. The van der Waals surface area contributed by atoms with Gasteiger partial charge in [0.25, 0.3) is 5.91 Å². The highest BCUT2D eigenvalue weighted by atomic mass is 32.2. The van der Waals surface area contributed by atoms with Gasteiger partial charge in [-0.25, -0.2) is 0 Å². The Kier molecular flexibility index (Phi) is 8.11. The second-order valence-electron chi connectivity index (χ2n) is 6.83. The fraction of sp³-hybridized carbons (Fsp3) is 0.409. The maximum atomic E-state index is 13.4. The number of methoxy groups -OCH3 is 2. The third kappa shape index (κ3) is 5.89. The molecule has 2 rings (SSSR count). The first kappa shape index (κ1) is 23.5. The van der Waals surface area contributed by atoms with Gasteiger partial charge in [0.2, 0.25) is 0 Å². The number of hydrogen-bond acceptors (Lipinski definition) is 6. The molecule has 0 saturated heterocycles. The van der Waals surface area contributed by atoms with E-state index in [1.165, 1.54) is 14.0 Å². The molecule has 0 N–H and O–H groups in total. The number of nitrogens with zero attached hydrogens (tertiary/aromatic N) is 1. The van der Waals surface area contributed by atoms with Gasteiger partial charge in [0, 0.05) is 18.7 Å². The molecule has 7 nitrogen and oxygen atoms in total. The number of carbonyl (C=O) groups excluding carboxylic acids is 1. The molecular weight excluding hydrogens is 406 g/mol. The summed E-state index contributed by atoms with van der Waals surface area (Å²) in [7, 11) is -0.563. The molecule has 1 amide bonds. The molecule has 8 heteroatoms. The molecule has 0 aliphatic heterocycles. The van der Waals surface area contributed by atoms with Crippen molar-refractivity contribution in [1.82, 2.24) is 4.90 Å². The van der Waals surface area contributed by atoms with Gasteiger partial charge in [-0.3, -0.25) is 4.79 Å². The number of amides is 1. The van der Waals surface area contributed by atoms with Gasteiger partial charge in [0.15, 0.2) is 0 Å². The molecule has 164 valence electrons. The second-order valence-corrected chi connectivity index (χ2v) is 8.69. The number of benzene rings is 2. The molecule has 0 fully saturated rings. The maximum absolute atomic E-state index is 13.4. The zero-order valence-electron chi connectivity index (χ0n) is 18.0. The summed E-state index contributed by atoms with van der Waals surface area (Å²) < 4.78 is 39.2. The van der Waals surface area contributed by atoms with Gasteiger partial charge in [-0.05, 0) is 50.1 Å². The van der Waals surface area contributed by atoms with E-state index in [4.69, 9.17) is 13.7 Å². The highest BCUT2D eigenvalue weighted by Gasteiger charge is 2.24. The minimum Gasteiger partial charge on any atom is -0.497 e. The van der Waals surface area contributed by atoms with Gasteiger partial charge in [-0.1, -0.05) is 19.1 Å². The first-order chi connectivity index (χ1) is 14.2. The Morgan fingerprint density at radius 2 is 1.77 bits per heavy atom. The van der Waals surface area contributed by atoms with Crippen molar-refractivity contribution in [3.05, 3.63) is 53.6 Å². The first-order valence-corrected chi connectivity index (χ1v) is 11.4. The van der Waals surface area contributed by atoms with Gasteiger partial charge in [0.05, 0.1) is 25.5 Å². The predicted molar refractivity (Wildman–Crippen MR) is 116 cm³/mol. The number of hydrogen-bond donors (Lipinski definition) is 0. The number of rotatable bonds is 10. The van der Waals surface area contributed by atoms with Crippen molar-refractivity contribution in [2.75, 3.05) is 20.0 Å². The lowest BCUT2D eigenvalue weighted by Crippen LogP contribution is -2.38. The Hall–Kier alpha value is -2.74. The highest BCUT2D eigenvalue weighted by molar-refractivity contribution is 7.87. The van der Waals surface area contributed by atoms with E-state index in [9.17, 15) is 13.2 Å². The van der Waals surface area contributed by atoms with Crippen molar-refractivity contribution in [1.29, 1.82) is 0 Å². The zero-order valence-corrected chi connectivity index (χ0v) is 18.9. The third-order valence-electron chi connectivity index (χ3n) is 4.85. The molecule has 2 aromatic rings. The van der Waals surface area contributed by atoms with E-state index in [2.05, 4.69) is 0 Å². The summed E-state index contributed by atoms with van der Waals surface area (Å²) in [6, 6.07) is 11.8. The Bertz CT molecular complexity index is 973. The lowest BCUT2D eigenvalue weighted by molar-refractivity contribution is 0.0668. The molecule has 0 heterocycles. The topological polar surface area (TPSA) is 82.1 Å². The van der Waals surface area contributed by atoms with Crippen molar-refractivity contribution in [3.8, 4) is 17.2 Å². The Balaban J connectivity index is 2.35. The standard InChI is InChI=1S/C22H29NO6S/c1-6-16(3)23(22(24)20-12-11-18(27-4)14-21(20)28-5)15-17-9-8-10-19(13-17)29-30(25,26)7-2/h8-14,16H,6-7,15H2,1-5H3. The number of carbonyl (C=O) groups is 1. The van der Waals surface area contributed by atoms with Gasteiger partial charge >= 0.3 is 10.1 Å². The lowest BCUT2D eigenvalue weighted by Gasteiger charge is -2.29. The van der Waals surface area contributed by atoms with Gasteiger partial charge in [-0.2, -0.15) is 8.42 Å². The fourth-order valence-electron chi connectivity index (χ4n) is 2.88. The summed E-state index contributed by atoms with van der Waals surface area (Å²) in [4.78, 5) is 15.1. The van der Waals surface area contributed by atoms with Crippen LogP contribution >= 0.6 is 0 Å². The minimum absolute atomic E-state index is 0.0479. The molecule has 0 aliphatic rings. The molecule has 0 spiro atoms. The molecule has 0 radical (unpaired) electrons. The molecule has 0 aromatic heterocycles. The smallest absolute Gasteiger partial charge is 0.308 e. The largest absolute Gasteiger partial charge is 0.497 e. The van der Waals surface area contributed by atoms with E-state index in [0.29, 0.717) is 23.6 Å². The summed E-state index contributed by atoms with van der Waals surface area (Å²) in [5, 5.41) is 0. The molecule has 1 unspecified atom stereocenters. The van der Waals surface area contributed by atoms with Crippen LogP contribution in [0.25, 0.3) is 0 Å². The highest BCUT2D eigenvalue weighted by Crippen LogP contribution is 2.28. The summed E-state index contributed by atoms with van der Waals surface area (Å²) in [6.45, 7) is 5.79. The molecule has 1 atom stereocenters. The molecule has 0 aliphatic carbocycles. The van der Waals surface area contributed by atoms with E-state index in [1.807, 2.05) is 19.9 Å². The summed E-state index contributed by atoms with van der Waals surface area (Å²) >= 11 is 0. The van der Waals surface area contributed by atoms with Gasteiger partial charge in [0.1, 0.15) is 17.2 Å². The van der Waals surface area contributed by atoms with Crippen LogP contribution in [0.1, 0.15) is 43.1 Å². The van der Waals surface area contributed by atoms with E-state index in [0.717, 1.165) is 12.0 Å². The van der Waals surface area contributed by atoms with E-state index in [1.54, 1.807) is 48.4 Å². The predicted octanol–water partition coefficient (Wildman–Crippen LogP) is 3.87. The van der Waals surface area contributed by atoms with Crippen LogP contribution in [-0.2, 0) is 16.7 Å². The van der Waals surface area contributed by atoms with Crippen molar-refractivity contribution in [2.45, 2.75) is 39.8 Å². The van der Waals surface area contributed by atoms with Gasteiger partial charge < -0.3 is 18.6 Å². The second kappa shape index (κ2) is 10.3. The SMILES string of the molecule is CCC(C)N(Cc1cccc(OS(=O)(=O)CC)c1)C(=O)c1ccc(OC)cc1OC. The van der Waals surface area contributed by atoms with Crippen LogP contribution in [0.2, 0.25) is 0 Å². The first-order valence-electron chi connectivity index (χ1n) is 9.78. The average molecular weight is 436 g/mol. The van der Waals surface area contributed by atoms with Crippen molar-refractivity contribution in [2.24, 2.45) is 0 Å². The fourth-order valence-corrected chi connectivity index (χ4v) is 3.39. The average Bonchev–Trinajstić information content (AvgIpc) is 2.75. The Morgan fingerprint density at radius 3 is 2.37 bits per heavy atom. The van der Waals surface area contributed by atoms with Crippen LogP contribution in [0.15, 0.2) is 42.5 Å². The molecular formula is C22H29NO6S. The number of ether oxygens (including phenoxy) is 2. The molecule has 30 heavy (non-hydrogen) atoms. The van der Waals surface area contributed by atoms with Crippen molar-refractivity contribution in [3.63, 3.8) is 0 Å². The lowest BCUT2D eigenvalue weighted by atomic mass is 10.1. The van der Waals surface area contributed by atoms with E-state index in [-0.39, 0.29) is 23.5 Å². The maximum Gasteiger partial charge on any atom is 0.308 e. The van der Waals surface area contributed by atoms with Crippen LogP contribution in [0.5, 0.6) is 17.2 Å². The zero-order chi connectivity index (χ0) is 22.3. The monoisotopic (exact) mass is 435 g/mol. The van der Waals surface area contributed by atoms with E-state index < -0.39 is 10.1 Å². The minimum atomic E-state index is -3.62.